The number of ketones is 1. The molecular weight excluding hydrogens is 390 g/mol. The number of carbonyl (C=O) groups is 2. The Kier molecular flexibility index (Phi) is 6.03. The SMILES string of the molecule is CCCOC(=O)C1C(C)=NC2=C(C(=O)C[C@@H](c3ccccc3)C2)[C@H]1c1cccc(O)c1. The van der Waals surface area contributed by atoms with Crippen LogP contribution in [0.2, 0.25) is 0 Å². The minimum atomic E-state index is -0.677. The van der Waals surface area contributed by atoms with Crippen LogP contribution in [0, 0.1) is 5.92 Å². The first-order chi connectivity index (χ1) is 15.0. The lowest BCUT2D eigenvalue weighted by molar-refractivity contribution is -0.146. The number of ether oxygens (including phenoxy) is 1. The first-order valence-corrected chi connectivity index (χ1v) is 10.8. The highest BCUT2D eigenvalue weighted by atomic mass is 16.5. The number of benzene rings is 2. The summed E-state index contributed by atoms with van der Waals surface area (Å²) in [6.45, 7) is 4.09. The Bertz CT molecular complexity index is 1050. The van der Waals surface area contributed by atoms with E-state index >= 15 is 0 Å². The van der Waals surface area contributed by atoms with Gasteiger partial charge in [0.05, 0.1) is 6.61 Å². The summed E-state index contributed by atoms with van der Waals surface area (Å²) in [5, 5.41) is 10.1. The van der Waals surface area contributed by atoms with Gasteiger partial charge >= 0.3 is 5.97 Å². The Morgan fingerprint density at radius 3 is 2.55 bits per heavy atom. The zero-order valence-corrected chi connectivity index (χ0v) is 17.9. The molecule has 1 unspecified atom stereocenters. The molecule has 5 nitrogen and oxygen atoms in total. The van der Waals surface area contributed by atoms with E-state index in [4.69, 9.17) is 9.73 Å². The maximum absolute atomic E-state index is 13.4. The van der Waals surface area contributed by atoms with Crippen LogP contribution in [0.5, 0.6) is 5.75 Å². The molecule has 4 rings (SSSR count). The molecule has 0 bridgehead atoms. The highest BCUT2D eigenvalue weighted by Crippen LogP contribution is 2.47. The molecular formula is C26H27NO4. The fourth-order valence-electron chi connectivity index (χ4n) is 4.70. The van der Waals surface area contributed by atoms with Crippen LogP contribution in [0.15, 0.2) is 70.9 Å². The predicted octanol–water partition coefficient (Wildman–Crippen LogP) is 4.92. The van der Waals surface area contributed by atoms with Gasteiger partial charge in [-0.15, -0.1) is 0 Å². The van der Waals surface area contributed by atoms with Crippen molar-refractivity contribution in [1.29, 1.82) is 0 Å². The van der Waals surface area contributed by atoms with E-state index in [1.165, 1.54) is 0 Å². The summed E-state index contributed by atoms with van der Waals surface area (Å²) in [5.41, 5.74) is 3.83. The number of phenols is 1. The van der Waals surface area contributed by atoms with E-state index in [-0.39, 0.29) is 23.4 Å². The van der Waals surface area contributed by atoms with Crippen LogP contribution in [-0.4, -0.2) is 29.2 Å². The Balaban J connectivity index is 1.79. The summed E-state index contributed by atoms with van der Waals surface area (Å²) < 4.78 is 5.47. The number of Topliss-reactive ketones (excluding diaryl/α,β-unsaturated/α-hetero) is 1. The second kappa shape index (κ2) is 8.88. The zero-order chi connectivity index (χ0) is 22.0. The normalized spacial score (nSPS) is 23.2. The second-order valence-corrected chi connectivity index (χ2v) is 8.27. The maximum Gasteiger partial charge on any atom is 0.315 e. The first kappa shape index (κ1) is 21.0. The summed E-state index contributed by atoms with van der Waals surface area (Å²) in [6, 6.07) is 16.8. The molecule has 0 aromatic heterocycles. The summed E-state index contributed by atoms with van der Waals surface area (Å²) >= 11 is 0. The molecule has 2 aromatic rings. The number of aliphatic imine (C=N–C) groups is 1. The third-order valence-electron chi connectivity index (χ3n) is 6.09. The molecule has 0 fully saturated rings. The maximum atomic E-state index is 13.4. The number of hydrogen-bond donors (Lipinski definition) is 1. The number of hydrogen-bond acceptors (Lipinski definition) is 5. The van der Waals surface area contributed by atoms with Crippen molar-refractivity contribution in [1.82, 2.24) is 0 Å². The number of rotatable bonds is 5. The van der Waals surface area contributed by atoms with E-state index in [1.54, 1.807) is 18.2 Å². The van der Waals surface area contributed by atoms with Crippen LogP contribution in [0.25, 0.3) is 0 Å². The van der Waals surface area contributed by atoms with Gasteiger partial charge in [0.15, 0.2) is 5.78 Å². The van der Waals surface area contributed by atoms with Gasteiger partial charge in [0.2, 0.25) is 0 Å². The van der Waals surface area contributed by atoms with E-state index in [0.717, 1.165) is 23.2 Å². The molecule has 1 heterocycles. The summed E-state index contributed by atoms with van der Waals surface area (Å²) in [5.74, 6) is -1.38. The van der Waals surface area contributed by atoms with Crippen LogP contribution in [0.1, 0.15) is 56.1 Å². The molecule has 160 valence electrons. The highest BCUT2D eigenvalue weighted by molar-refractivity contribution is 6.09. The molecule has 2 aliphatic rings. The van der Waals surface area contributed by atoms with Gasteiger partial charge in [0.1, 0.15) is 11.7 Å². The van der Waals surface area contributed by atoms with Crippen LogP contribution >= 0.6 is 0 Å². The molecule has 2 aromatic carbocycles. The lowest BCUT2D eigenvalue weighted by Crippen LogP contribution is -2.38. The molecule has 3 atom stereocenters. The second-order valence-electron chi connectivity index (χ2n) is 8.27. The Labute approximate surface area is 182 Å². The number of aromatic hydroxyl groups is 1. The van der Waals surface area contributed by atoms with Gasteiger partial charge in [0.25, 0.3) is 0 Å². The molecule has 0 radical (unpaired) electrons. The third-order valence-corrected chi connectivity index (χ3v) is 6.09. The number of carbonyl (C=O) groups excluding carboxylic acids is 2. The van der Waals surface area contributed by atoms with Crippen molar-refractivity contribution in [3.8, 4) is 5.75 Å². The number of phenolic OH excluding ortho intramolecular Hbond substituents is 1. The van der Waals surface area contributed by atoms with Crippen molar-refractivity contribution in [3.63, 3.8) is 0 Å². The Morgan fingerprint density at radius 1 is 1.10 bits per heavy atom. The first-order valence-electron chi connectivity index (χ1n) is 10.8. The molecule has 0 spiro atoms. The smallest absolute Gasteiger partial charge is 0.315 e. The van der Waals surface area contributed by atoms with E-state index in [1.807, 2.05) is 50.2 Å². The lowest BCUT2D eigenvalue weighted by Gasteiger charge is -2.36. The van der Waals surface area contributed by atoms with Gasteiger partial charge in [-0.3, -0.25) is 14.6 Å². The van der Waals surface area contributed by atoms with Crippen molar-refractivity contribution < 1.29 is 19.4 Å². The van der Waals surface area contributed by atoms with Crippen LogP contribution in [0.3, 0.4) is 0 Å². The van der Waals surface area contributed by atoms with Crippen LogP contribution in [0.4, 0.5) is 0 Å². The van der Waals surface area contributed by atoms with Gasteiger partial charge in [0, 0.05) is 29.3 Å². The fourth-order valence-corrected chi connectivity index (χ4v) is 4.70. The van der Waals surface area contributed by atoms with E-state index in [2.05, 4.69) is 0 Å². The third kappa shape index (κ3) is 4.18. The standard InChI is InChI=1S/C26H27NO4/c1-3-12-31-26(30)23-16(2)27-21-14-19(17-8-5-4-6-9-17)15-22(29)25(21)24(23)18-10-7-11-20(28)13-18/h4-11,13,19,23-24,28H,3,12,14-15H2,1-2H3/t19-,23?,24-/m0/s1. The number of allylic oxidation sites excluding steroid dienone is 2. The van der Waals surface area contributed by atoms with Gasteiger partial charge in [-0.05, 0) is 48.9 Å². The summed E-state index contributed by atoms with van der Waals surface area (Å²) in [4.78, 5) is 31.2. The molecule has 31 heavy (non-hydrogen) atoms. The predicted molar refractivity (Wildman–Crippen MR) is 119 cm³/mol. The average molecular weight is 418 g/mol. The van der Waals surface area contributed by atoms with Crippen molar-refractivity contribution in [3.05, 3.63) is 77.0 Å². The summed E-state index contributed by atoms with van der Waals surface area (Å²) in [7, 11) is 0. The quantitative estimate of drug-likeness (QED) is 0.701. The van der Waals surface area contributed by atoms with Gasteiger partial charge in [-0.25, -0.2) is 0 Å². The van der Waals surface area contributed by atoms with E-state index in [0.29, 0.717) is 30.7 Å². The Hall–Kier alpha value is -3.21. The Morgan fingerprint density at radius 2 is 1.84 bits per heavy atom. The van der Waals surface area contributed by atoms with Gasteiger partial charge in [-0.2, -0.15) is 0 Å². The topological polar surface area (TPSA) is 76.0 Å². The largest absolute Gasteiger partial charge is 0.508 e. The molecule has 0 saturated heterocycles. The zero-order valence-electron chi connectivity index (χ0n) is 17.9. The number of nitrogens with zero attached hydrogens (tertiary/aromatic N) is 1. The van der Waals surface area contributed by atoms with Crippen molar-refractivity contribution in [2.24, 2.45) is 10.9 Å². The average Bonchev–Trinajstić information content (AvgIpc) is 2.77. The molecule has 1 aliphatic carbocycles. The van der Waals surface area contributed by atoms with Crippen molar-refractivity contribution in [2.75, 3.05) is 6.61 Å². The molecule has 0 saturated carbocycles. The van der Waals surface area contributed by atoms with Crippen LogP contribution in [-0.2, 0) is 14.3 Å². The minimum Gasteiger partial charge on any atom is -0.508 e. The highest BCUT2D eigenvalue weighted by Gasteiger charge is 2.44. The number of esters is 1. The monoisotopic (exact) mass is 417 g/mol. The minimum absolute atomic E-state index is 0.00740. The van der Waals surface area contributed by atoms with Crippen molar-refractivity contribution >= 4 is 17.5 Å². The summed E-state index contributed by atoms with van der Waals surface area (Å²) in [6.07, 6.45) is 1.75. The van der Waals surface area contributed by atoms with Crippen molar-refractivity contribution in [2.45, 2.75) is 44.9 Å². The van der Waals surface area contributed by atoms with E-state index < -0.39 is 11.8 Å². The molecule has 1 aliphatic heterocycles. The van der Waals surface area contributed by atoms with Crippen LogP contribution < -0.4 is 0 Å². The molecule has 0 amide bonds. The fraction of sp³-hybridized carbons (Fsp3) is 0.346. The van der Waals surface area contributed by atoms with E-state index in [9.17, 15) is 14.7 Å². The molecule has 1 N–H and O–H groups in total. The molecule has 5 heteroatoms. The lowest BCUT2D eigenvalue weighted by atomic mass is 9.69. The van der Waals surface area contributed by atoms with Gasteiger partial charge < -0.3 is 9.84 Å². The van der Waals surface area contributed by atoms with Gasteiger partial charge in [-0.1, -0.05) is 49.4 Å².